The molecule has 0 saturated heterocycles. The van der Waals surface area contributed by atoms with E-state index in [1.54, 1.807) is 7.05 Å². The summed E-state index contributed by atoms with van der Waals surface area (Å²) in [5.74, 6) is -0.652. The summed E-state index contributed by atoms with van der Waals surface area (Å²) in [6, 6.07) is 0. The van der Waals surface area contributed by atoms with Crippen LogP contribution >= 0.6 is 0 Å². The standard InChI is InChI=1S/C12H23N3O2/c1-9(8-14-2)10(16)15-12(11(13)17)6-4-3-5-7-12/h9,14H,3-8H2,1-2H3,(H2,13,17)(H,15,16). The molecule has 1 unspecified atom stereocenters. The largest absolute Gasteiger partial charge is 0.368 e. The summed E-state index contributed by atoms with van der Waals surface area (Å²) in [4.78, 5) is 23.5. The van der Waals surface area contributed by atoms with Gasteiger partial charge in [0.2, 0.25) is 11.8 Å². The Balaban J connectivity index is 2.66. The molecule has 1 fully saturated rings. The minimum Gasteiger partial charge on any atom is -0.368 e. The molecule has 1 atom stereocenters. The zero-order valence-electron chi connectivity index (χ0n) is 10.7. The second-order valence-electron chi connectivity index (χ2n) is 4.95. The maximum absolute atomic E-state index is 12.0. The van der Waals surface area contributed by atoms with E-state index in [0.29, 0.717) is 19.4 Å². The molecule has 0 radical (unpaired) electrons. The van der Waals surface area contributed by atoms with Crippen LogP contribution in [-0.4, -0.2) is 30.9 Å². The van der Waals surface area contributed by atoms with E-state index in [9.17, 15) is 9.59 Å². The van der Waals surface area contributed by atoms with Gasteiger partial charge in [-0.05, 0) is 19.9 Å². The number of rotatable bonds is 5. The molecule has 1 aliphatic carbocycles. The highest BCUT2D eigenvalue weighted by Gasteiger charge is 2.39. The number of hydrogen-bond acceptors (Lipinski definition) is 3. The van der Waals surface area contributed by atoms with Gasteiger partial charge in [-0.15, -0.1) is 0 Å². The lowest BCUT2D eigenvalue weighted by molar-refractivity contribution is -0.134. The van der Waals surface area contributed by atoms with E-state index >= 15 is 0 Å². The Kier molecular flexibility index (Phi) is 4.93. The third kappa shape index (κ3) is 3.43. The van der Waals surface area contributed by atoms with Crippen molar-refractivity contribution in [2.45, 2.75) is 44.6 Å². The molecule has 1 aliphatic rings. The molecule has 0 aromatic heterocycles. The van der Waals surface area contributed by atoms with Crippen LogP contribution in [0.25, 0.3) is 0 Å². The van der Waals surface area contributed by atoms with Gasteiger partial charge in [0.1, 0.15) is 5.54 Å². The summed E-state index contributed by atoms with van der Waals surface area (Å²) < 4.78 is 0. The van der Waals surface area contributed by atoms with Crippen molar-refractivity contribution in [1.29, 1.82) is 0 Å². The molecule has 0 aromatic rings. The van der Waals surface area contributed by atoms with E-state index in [-0.39, 0.29) is 11.8 Å². The van der Waals surface area contributed by atoms with Crippen molar-refractivity contribution in [3.8, 4) is 0 Å². The first-order valence-corrected chi connectivity index (χ1v) is 6.28. The molecular weight excluding hydrogens is 218 g/mol. The molecule has 1 rings (SSSR count). The summed E-state index contributed by atoms with van der Waals surface area (Å²) in [6.45, 7) is 2.43. The number of amides is 2. The molecule has 0 spiro atoms. The van der Waals surface area contributed by atoms with E-state index in [4.69, 9.17) is 5.73 Å². The molecule has 5 nitrogen and oxygen atoms in total. The fraction of sp³-hybridized carbons (Fsp3) is 0.833. The smallest absolute Gasteiger partial charge is 0.243 e. The van der Waals surface area contributed by atoms with Crippen molar-refractivity contribution < 1.29 is 9.59 Å². The topological polar surface area (TPSA) is 84.2 Å². The average molecular weight is 241 g/mol. The predicted octanol–water partition coefficient (Wildman–Crippen LogP) is 0.146. The van der Waals surface area contributed by atoms with E-state index in [0.717, 1.165) is 19.3 Å². The van der Waals surface area contributed by atoms with Crippen LogP contribution in [0.2, 0.25) is 0 Å². The van der Waals surface area contributed by atoms with Crippen LogP contribution in [0.4, 0.5) is 0 Å². The molecule has 0 bridgehead atoms. The third-order valence-corrected chi connectivity index (χ3v) is 3.50. The van der Waals surface area contributed by atoms with Crippen LogP contribution < -0.4 is 16.4 Å². The molecule has 5 heteroatoms. The van der Waals surface area contributed by atoms with Crippen molar-refractivity contribution in [2.75, 3.05) is 13.6 Å². The van der Waals surface area contributed by atoms with Gasteiger partial charge in [-0.3, -0.25) is 9.59 Å². The molecular formula is C12H23N3O2. The normalized spacial score (nSPS) is 20.6. The van der Waals surface area contributed by atoms with Crippen LogP contribution in [0, 0.1) is 5.92 Å². The monoisotopic (exact) mass is 241 g/mol. The number of carbonyl (C=O) groups excluding carboxylic acids is 2. The maximum Gasteiger partial charge on any atom is 0.243 e. The van der Waals surface area contributed by atoms with Crippen LogP contribution in [0.15, 0.2) is 0 Å². The average Bonchev–Trinajstić information content (AvgIpc) is 2.30. The lowest BCUT2D eigenvalue weighted by Gasteiger charge is -2.35. The molecule has 0 aromatic carbocycles. The van der Waals surface area contributed by atoms with Gasteiger partial charge < -0.3 is 16.4 Å². The van der Waals surface area contributed by atoms with Gasteiger partial charge in [-0.1, -0.05) is 26.2 Å². The van der Waals surface area contributed by atoms with Crippen molar-refractivity contribution in [3.05, 3.63) is 0 Å². The summed E-state index contributed by atoms with van der Waals surface area (Å²) in [5.41, 5.74) is 4.65. The van der Waals surface area contributed by atoms with Crippen molar-refractivity contribution in [3.63, 3.8) is 0 Å². The lowest BCUT2D eigenvalue weighted by Crippen LogP contribution is -2.59. The van der Waals surface area contributed by atoms with E-state index in [2.05, 4.69) is 10.6 Å². The highest BCUT2D eigenvalue weighted by Crippen LogP contribution is 2.28. The minimum absolute atomic E-state index is 0.0972. The molecule has 98 valence electrons. The Morgan fingerprint density at radius 2 is 1.88 bits per heavy atom. The molecule has 2 amide bonds. The number of primary amides is 1. The van der Waals surface area contributed by atoms with E-state index in [1.807, 2.05) is 6.92 Å². The van der Waals surface area contributed by atoms with Gasteiger partial charge >= 0.3 is 0 Å². The summed E-state index contributed by atoms with van der Waals surface area (Å²) in [5, 5.41) is 5.81. The molecule has 0 aliphatic heterocycles. The summed E-state index contributed by atoms with van der Waals surface area (Å²) >= 11 is 0. The van der Waals surface area contributed by atoms with Crippen LogP contribution in [0.3, 0.4) is 0 Å². The molecule has 17 heavy (non-hydrogen) atoms. The minimum atomic E-state index is -0.808. The first kappa shape index (κ1) is 14.0. The van der Waals surface area contributed by atoms with E-state index < -0.39 is 11.4 Å². The van der Waals surface area contributed by atoms with Crippen LogP contribution in [-0.2, 0) is 9.59 Å². The number of carbonyl (C=O) groups is 2. The van der Waals surface area contributed by atoms with Crippen LogP contribution in [0.5, 0.6) is 0 Å². The Morgan fingerprint density at radius 1 is 1.29 bits per heavy atom. The fourth-order valence-corrected chi connectivity index (χ4v) is 2.35. The number of nitrogens with two attached hydrogens (primary N) is 1. The van der Waals surface area contributed by atoms with Gasteiger partial charge in [-0.2, -0.15) is 0 Å². The van der Waals surface area contributed by atoms with Gasteiger partial charge in [0.25, 0.3) is 0 Å². The fourth-order valence-electron chi connectivity index (χ4n) is 2.35. The summed E-state index contributed by atoms with van der Waals surface area (Å²) in [7, 11) is 1.80. The highest BCUT2D eigenvalue weighted by molar-refractivity contribution is 5.91. The third-order valence-electron chi connectivity index (χ3n) is 3.50. The van der Waals surface area contributed by atoms with E-state index in [1.165, 1.54) is 0 Å². The first-order chi connectivity index (χ1) is 8.02. The number of hydrogen-bond donors (Lipinski definition) is 3. The van der Waals surface area contributed by atoms with Gasteiger partial charge in [-0.25, -0.2) is 0 Å². The SMILES string of the molecule is CNCC(C)C(=O)NC1(C(N)=O)CCCCC1. The lowest BCUT2D eigenvalue weighted by atomic mass is 9.80. The second-order valence-corrected chi connectivity index (χ2v) is 4.95. The Morgan fingerprint density at radius 3 is 2.35 bits per heavy atom. The second kappa shape index (κ2) is 6.00. The quantitative estimate of drug-likeness (QED) is 0.640. The Bertz CT molecular complexity index is 285. The summed E-state index contributed by atoms with van der Waals surface area (Å²) in [6.07, 6.45) is 4.34. The zero-order chi connectivity index (χ0) is 12.9. The first-order valence-electron chi connectivity index (χ1n) is 6.28. The predicted molar refractivity (Wildman–Crippen MR) is 66.2 cm³/mol. The number of nitrogens with one attached hydrogen (secondary N) is 2. The van der Waals surface area contributed by atoms with Crippen molar-refractivity contribution in [2.24, 2.45) is 11.7 Å². The van der Waals surface area contributed by atoms with Gasteiger partial charge in [0, 0.05) is 12.5 Å². The Hall–Kier alpha value is -1.10. The van der Waals surface area contributed by atoms with Crippen molar-refractivity contribution >= 4 is 11.8 Å². The molecule has 1 saturated carbocycles. The van der Waals surface area contributed by atoms with Crippen LogP contribution in [0.1, 0.15) is 39.0 Å². The molecule has 0 heterocycles. The maximum atomic E-state index is 12.0. The highest BCUT2D eigenvalue weighted by atomic mass is 16.2. The zero-order valence-corrected chi connectivity index (χ0v) is 10.7. The van der Waals surface area contributed by atoms with Gasteiger partial charge in [0.05, 0.1) is 0 Å². The Labute approximate surface area is 103 Å². The van der Waals surface area contributed by atoms with Crippen molar-refractivity contribution in [1.82, 2.24) is 10.6 Å². The van der Waals surface area contributed by atoms with Gasteiger partial charge in [0.15, 0.2) is 0 Å². The molecule has 4 N–H and O–H groups in total.